The summed E-state index contributed by atoms with van der Waals surface area (Å²) in [6.45, 7) is 11.2. The van der Waals surface area contributed by atoms with Crippen molar-refractivity contribution in [2.24, 2.45) is 0 Å². The standard InChI is InChI=1S/C35H32P2.C5.Fe/c1-25-19-26(2)22-32(21-25)36(33-23-27(3)20-28(4)24-33)29(5)34-17-12-18-35(34)37(30-13-8-6-9-14-30)31-15-10-7-11-16-31;1-2-4-5-3-1;/h6-11,13-16,19-24,29H,1-5H3;;/q2*-1;+2/t29-;;/m1../s1. The van der Waals surface area contributed by atoms with E-state index in [0.717, 1.165) is 0 Å². The van der Waals surface area contributed by atoms with Crippen LogP contribution in [-0.4, -0.2) is 5.66 Å². The molecule has 0 fully saturated rings. The van der Waals surface area contributed by atoms with Gasteiger partial charge in [-0.15, -0.1) is 23.9 Å². The molecule has 3 aromatic rings. The first-order chi connectivity index (χ1) is 20.4. The second-order valence-corrected chi connectivity index (χ2v) is 15.2. The van der Waals surface area contributed by atoms with Crippen molar-refractivity contribution in [2.45, 2.75) is 40.3 Å². The smallest absolute Gasteiger partial charge is 0.288 e. The van der Waals surface area contributed by atoms with E-state index in [0.29, 0.717) is 0 Å². The molecule has 0 heterocycles. The van der Waals surface area contributed by atoms with Crippen molar-refractivity contribution >= 4 is 31.8 Å². The van der Waals surface area contributed by atoms with Crippen LogP contribution in [0.1, 0.15) is 29.2 Å². The summed E-state index contributed by atoms with van der Waals surface area (Å²) in [5, 5.41) is 6.77. The number of allylic oxidation sites excluding steroid dienone is 8. The Morgan fingerprint density at radius 1 is 0.744 bits per heavy atom. The molecular weight excluding hydrogens is 598 g/mol. The van der Waals surface area contributed by atoms with Gasteiger partial charge in [0.1, 0.15) is 0 Å². The molecule has 210 valence electrons. The Labute approximate surface area is 270 Å². The van der Waals surface area contributed by atoms with Crippen LogP contribution in [0.2, 0.25) is 0 Å². The summed E-state index contributed by atoms with van der Waals surface area (Å²) in [4.78, 5) is 0. The summed E-state index contributed by atoms with van der Waals surface area (Å²) in [6.07, 6.45) is 15.9. The van der Waals surface area contributed by atoms with Gasteiger partial charge in [0.15, 0.2) is 0 Å². The van der Waals surface area contributed by atoms with Crippen molar-refractivity contribution in [1.82, 2.24) is 0 Å². The molecular formula is C40H32FeP2. The molecule has 0 N–H and O–H groups in total. The molecule has 2 radical (unpaired) electrons. The van der Waals surface area contributed by atoms with Gasteiger partial charge in [-0.1, -0.05) is 107 Å². The third-order valence-corrected chi connectivity index (χ3v) is 12.1. The van der Waals surface area contributed by atoms with E-state index in [1.807, 2.05) is 0 Å². The molecule has 1 unspecified atom stereocenters. The van der Waals surface area contributed by atoms with Crippen LogP contribution in [0.15, 0.2) is 136 Å². The summed E-state index contributed by atoms with van der Waals surface area (Å²) in [5.41, 5.74) is 24.7. The minimum absolute atomic E-state index is 0. The van der Waals surface area contributed by atoms with Crippen molar-refractivity contribution in [2.75, 3.05) is 0 Å². The van der Waals surface area contributed by atoms with Gasteiger partial charge in [0.05, 0.1) is 0 Å². The molecule has 0 aromatic heterocycles. The molecule has 0 saturated heterocycles. The Morgan fingerprint density at radius 3 is 1.86 bits per heavy atom. The van der Waals surface area contributed by atoms with E-state index in [4.69, 9.17) is 0 Å². The predicted octanol–water partition coefficient (Wildman–Crippen LogP) is 8.77. The zero-order chi connectivity index (χ0) is 29.5. The molecule has 3 aliphatic rings. The monoisotopic (exact) mass is 630 g/mol. The van der Waals surface area contributed by atoms with Crippen LogP contribution in [0, 0.1) is 52.7 Å². The van der Waals surface area contributed by atoms with Crippen molar-refractivity contribution in [3.05, 3.63) is 183 Å². The maximum absolute atomic E-state index is 3.56. The summed E-state index contributed by atoms with van der Waals surface area (Å²) < 4.78 is 0. The first kappa shape index (κ1) is 32.5. The summed E-state index contributed by atoms with van der Waals surface area (Å²) in [5.74, 6) is 0. The Bertz CT molecular complexity index is 1740. The van der Waals surface area contributed by atoms with Crippen LogP contribution >= 0.6 is 15.8 Å². The van der Waals surface area contributed by atoms with Crippen LogP contribution < -0.4 is 15.9 Å². The van der Waals surface area contributed by atoms with Gasteiger partial charge in [0, 0.05) is 16.5 Å². The molecule has 43 heavy (non-hydrogen) atoms. The molecule has 3 aromatic carbocycles. The molecule has 0 aliphatic heterocycles. The fourth-order valence-corrected chi connectivity index (χ4v) is 10.9. The van der Waals surface area contributed by atoms with Crippen LogP contribution in [0.5, 0.6) is 0 Å². The van der Waals surface area contributed by atoms with E-state index in [9.17, 15) is 0 Å². The van der Waals surface area contributed by atoms with E-state index in [-0.39, 0.29) is 22.7 Å². The van der Waals surface area contributed by atoms with Gasteiger partial charge in [0.2, 0.25) is 0 Å². The third-order valence-electron chi connectivity index (χ3n) is 6.97. The maximum atomic E-state index is 3.56. The Balaban J connectivity index is 0.000000641. The fourth-order valence-electron chi connectivity index (χ4n) is 5.39. The number of hydrogen-bond acceptors (Lipinski definition) is 0. The molecule has 0 amide bonds. The molecule has 0 nitrogen and oxygen atoms in total. The van der Waals surface area contributed by atoms with Crippen molar-refractivity contribution < 1.29 is 17.1 Å². The van der Waals surface area contributed by atoms with Gasteiger partial charge >= 0.3 is 17.1 Å². The minimum Gasteiger partial charge on any atom is -0.288 e. The van der Waals surface area contributed by atoms with Crippen LogP contribution in [0.3, 0.4) is 0 Å². The second-order valence-electron chi connectivity index (χ2n) is 10.5. The van der Waals surface area contributed by atoms with E-state index < -0.39 is 15.8 Å². The molecule has 0 saturated carbocycles. The minimum atomic E-state index is -0.757. The Kier molecular flexibility index (Phi) is 11.6. The van der Waals surface area contributed by atoms with Crippen molar-refractivity contribution in [3.8, 4) is 0 Å². The van der Waals surface area contributed by atoms with Gasteiger partial charge in [-0.25, -0.2) is 5.73 Å². The van der Waals surface area contributed by atoms with E-state index in [2.05, 4.69) is 179 Å². The Morgan fingerprint density at radius 2 is 1.37 bits per heavy atom. The quantitative estimate of drug-likeness (QED) is 0.106. The molecule has 3 aliphatic carbocycles. The molecule has 6 rings (SSSR count). The maximum Gasteiger partial charge on any atom is 2.00 e. The van der Waals surface area contributed by atoms with Crippen LogP contribution in [-0.2, 0) is 17.1 Å². The molecule has 2 atom stereocenters. The van der Waals surface area contributed by atoms with Crippen molar-refractivity contribution in [3.63, 3.8) is 0 Å². The van der Waals surface area contributed by atoms with E-state index in [1.165, 1.54) is 54.4 Å². The first-order valence-corrected chi connectivity index (χ1v) is 16.8. The fraction of sp³-hybridized carbons (Fsp3) is 0.150. The third kappa shape index (κ3) is 8.14. The molecule has 0 bridgehead atoms. The van der Waals surface area contributed by atoms with E-state index in [1.54, 1.807) is 0 Å². The SMILES string of the molecule is Cc1cc(C)cc(P(c2cc(C)cc(C)c2)[C@H](C)C2=C=C=C=C2P(C2=C[CH]C=C[CH-]2)c2ccccc2)c1.[C]1=C=C=C=[C-]1.[Fe+2]. The van der Waals surface area contributed by atoms with Gasteiger partial charge in [-0.3, -0.25) is 11.5 Å². The largest absolute Gasteiger partial charge is 2.00 e. The summed E-state index contributed by atoms with van der Waals surface area (Å²) >= 11 is 0. The summed E-state index contributed by atoms with van der Waals surface area (Å²) in [6, 6.07) is 25.0. The van der Waals surface area contributed by atoms with Crippen LogP contribution in [0.25, 0.3) is 0 Å². The van der Waals surface area contributed by atoms with Gasteiger partial charge < -0.3 is 0 Å². The van der Waals surface area contributed by atoms with Crippen molar-refractivity contribution in [1.29, 1.82) is 0 Å². The van der Waals surface area contributed by atoms with Gasteiger partial charge in [0.25, 0.3) is 0 Å². The number of hydrogen-bond donors (Lipinski definition) is 0. The summed E-state index contributed by atoms with van der Waals surface area (Å²) in [7, 11) is -1.42. The second kappa shape index (κ2) is 15.3. The number of rotatable bonds is 7. The average Bonchev–Trinajstić information content (AvgIpc) is 3.70. The predicted molar refractivity (Wildman–Crippen MR) is 181 cm³/mol. The number of aryl methyl sites for hydroxylation is 4. The van der Waals surface area contributed by atoms with Crippen LogP contribution in [0.4, 0.5) is 0 Å². The first-order valence-electron chi connectivity index (χ1n) is 14.0. The van der Waals surface area contributed by atoms with E-state index >= 15 is 0 Å². The number of benzene rings is 3. The zero-order valence-corrected chi connectivity index (χ0v) is 28.0. The molecule has 0 spiro atoms. The van der Waals surface area contributed by atoms with Gasteiger partial charge in [-0.05, 0) is 65.2 Å². The topological polar surface area (TPSA) is 0 Å². The average molecular weight is 630 g/mol. The molecule has 3 heteroatoms. The Hall–Kier alpha value is -3.45. The normalized spacial score (nSPS) is 14.9. The zero-order valence-electron chi connectivity index (χ0n) is 25.1. The van der Waals surface area contributed by atoms with Gasteiger partial charge in [-0.2, -0.15) is 24.6 Å².